The molecule has 1 atom stereocenters. The molecule has 130 valence electrons. The largest absolute Gasteiger partial charge is 0.466 e. The predicted molar refractivity (Wildman–Crippen MR) is 89.9 cm³/mol. The maximum Gasteiger partial charge on any atom is 0.330 e. The van der Waals surface area contributed by atoms with Crippen LogP contribution in [0.3, 0.4) is 0 Å². The second-order valence-electron chi connectivity index (χ2n) is 5.62. The van der Waals surface area contributed by atoms with Crippen molar-refractivity contribution in [2.45, 2.75) is 6.04 Å². The highest BCUT2D eigenvalue weighted by Crippen LogP contribution is 2.31. The normalized spacial score (nSPS) is 18.8. The Morgan fingerprint density at radius 3 is 2.88 bits per heavy atom. The van der Waals surface area contributed by atoms with Crippen molar-refractivity contribution in [2.24, 2.45) is 0 Å². The van der Waals surface area contributed by atoms with Crippen LogP contribution in [0.1, 0.15) is 5.56 Å². The summed E-state index contributed by atoms with van der Waals surface area (Å²) < 4.78 is 4.51. The molecule has 1 N–H and O–H groups in total. The number of nitrogens with zero attached hydrogens (tertiary/aromatic N) is 3. The average molecular weight is 335 g/mol. The number of carbonyl (C=O) groups excluding carboxylic acids is 1. The van der Waals surface area contributed by atoms with Crippen LogP contribution in [0.25, 0.3) is 6.08 Å². The zero-order valence-corrected chi connectivity index (χ0v) is 13.7. The van der Waals surface area contributed by atoms with Gasteiger partial charge in [-0.25, -0.2) is 4.79 Å². The second kappa shape index (κ2) is 7.89. The molecular weight excluding hydrogens is 314 g/mol. The number of piperazine rings is 1. The highest BCUT2D eigenvalue weighted by Gasteiger charge is 2.28. The number of aliphatic hydroxyl groups is 1. The molecule has 1 aromatic carbocycles. The Kier molecular flexibility index (Phi) is 5.88. The first-order chi connectivity index (χ1) is 11.5. The lowest BCUT2D eigenvalue weighted by molar-refractivity contribution is -0.384. The molecule has 8 nitrogen and oxygen atoms in total. The van der Waals surface area contributed by atoms with Crippen molar-refractivity contribution in [1.82, 2.24) is 4.90 Å². The summed E-state index contributed by atoms with van der Waals surface area (Å²) in [6.07, 6.45) is 2.69. The van der Waals surface area contributed by atoms with Gasteiger partial charge in [0.1, 0.15) is 5.69 Å². The van der Waals surface area contributed by atoms with Crippen molar-refractivity contribution in [3.63, 3.8) is 0 Å². The molecule has 1 aromatic rings. The lowest BCUT2D eigenvalue weighted by Gasteiger charge is -2.39. The molecule has 1 saturated heterocycles. The summed E-state index contributed by atoms with van der Waals surface area (Å²) in [5.41, 5.74) is 1.04. The lowest BCUT2D eigenvalue weighted by atomic mass is 10.1. The molecule has 24 heavy (non-hydrogen) atoms. The maximum absolute atomic E-state index is 11.4. The average Bonchev–Trinajstić information content (AvgIpc) is 2.59. The Balaban J connectivity index is 2.28. The smallest absolute Gasteiger partial charge is 0.330 e. The summed E-state index contributed by atoms with van der Waals surface area (Å²) in [5.74, 6) is -0.522. The molecule has 1 aliphatic heterocycles. The zero-order valence-electron chi connectivity index (χ0n) is 13.7. The molecule has 1 aliphatic rings. The number of aliphatic hydroxyl groups excluding tert-OH is 1. The van der Waals surface area contributed by atoms with E-state index in [1.165, 1.54) is 25.3 Å². The predicted octanol–water partition coefficient (Wildman–Crippen LogP) is 0.894. The number of nitro benzene ring substituents is 1. The summed E-state index contributed by atoms with van der Waals surface area (Å²) in [7, 11) is 3.19. The van der Waals surface area contributed by atoms with Crippen LogP contribution >= 0.6 is 0 Å². The van der Waals surface area contributed by atoms with Gasteiger partial charge < -0.3 is 14.7 Å². The summed E-state index contributed by atoms with van der Waals surface area (Å²) in [5, 5.41) is 20.9. The van der Waals surface area contributed by atoms with E-state index >= 15 is 0 Å². The van der Waals surface area contributed by atoms with Crippen LogP contribution in [0.15, 0.2) is 24.3 Å². The third-order valence-electron chi connectivity index (χ3n) is 4.14. The number of ether oxygens (including phenoxy) is 1. The van der Waals surface area contributed by atoms with Crippen LogP contribution in [-0.2, 0) is 9.53 Å². The van der Waals surface area contributed by atoms with E-state index in [0.29, 0.717) is 30.9 Å². The fourth-order valence-electron chi connectivity index (χ4n) is 2.65. The molecule has 8 heteroatoms. The van der Waals surface area contributed by atoms with Gasteiger partial charge in [-0.05, 0) is 24.8 Å². The molecule has 0 saturated carbocycles. The summed E-state index contributed by atoms with van der Waals surface area (Å²) >= 11 is 0. The van der Waals surface area contributed by atoms with Gasteiger partial charge in [0.2, 0.25) is 0 Å². The second-order valence-corrected chi connectivity index (χ2v) is 5.62. The van der Waals surface area contributed by atoms with Crippen LogP contribution in [0.5, 0.6) is 0 Å². The van der Waals surface area contributed by atoms with Crippen molar-refractivity contribution < 1.29 is 19.6 Å². The Hall–Kier alpha value is -2.45. The summed E-state index contributed by atoms with van der Waals surface area (Å²) in [6.45, 7) is 1.88. The minimum absolute atomic E-state index is 0.000742. The molecule has 0 unspecified atom stereocenters. The van der Waals surface area contributed by atoms with E-state index in [0.717, 1.165) is 0 Å². The fraction of sp³-hybridized carbons (Fsp3) is 0.438. The number of hydrogen-bond acceptors (Lipinski definition) is 7. The zero-order chi connectivity index (χ0) is 17.7. The standard InChI is InChI=1S/C16H21N3O5/c1-17-7-8-18(10-13(17)11-20)14-5-3-12(4-6-16(21)24-2)9-15(14)19(22)23/h3-6,9,13,20H,7-8,10-11H2,1-2H3/b6-4+/t13-/m1/s1. The Morgan fingerprint density at radius 1 is 1.50 bits per heavy atom. The van der Waals surface area contributed by atoms with E-state index in [9.17, 15) is 20.0 Å². The molecule has 0 amide bonds. The number of hydrogen-bond donors (Lipinski definition) is 1. The number of rotatable bonds is 5. The molecule has 0 spiro atoms. The van der Waals surface area contributed by atoms with Gasteiger partial charge in [-0.3, -0.25) is 15.0 Å². The van der Waals surface area contributed by atoms with Gasteiger partial charge in [0.05, 0.1) is 24.7 Å². The van der Waals surface area contributed by atoms with Crippen molar-refractivity contribution in [3.05, 3.63) is 40.0 Å². The minimum Gasteiger partial charge on any atom is -0.466 e. The van der Waals surface area contributed by atoms with Crippen LogP contribution in [0.4, 0.5) is 11.4 Å². The first-order valence-electron chi connectivity index (χ1n) is 7.56. The summed E-state index contributed by atoms with van der Waals surface area (Å²) in [4.78, 5) is 26.1. The maximum atomic E-state index is 11.4. The van der Waals surface area contributed by atoms with Gasteiger partial charge in [-0.1, -0.05) is 6.07 Å². The van der Waals surface area contributed by atoms with Gasteiger partial charge >= 0.3 is 5.97 Å². The van der Waals surface area contributed by atoms with Crippen molar-refractivity contribution in [2.75, 3.05) is 45.3 Å². The van der Waals surface area contributed by atoms with Gasteiger partial charge in [0.25, 0.3) is 5.69 Å². The third-order valence-corrected chi connectivity index (χ3v) is 4.14. The van der Waals surface area contributed by atoms with Crippen molar-refractivity contribution >= 4 is 23.4 Å². The Morgan fingerprint density at radius 2 is 2.25 bits per heavy atom. The number of methoxy groups -OCH3 is 1. The quantitative estimate of drug-likeness (QED) is 0.369. The van der Waals surface area contributed by atoms with E-state index in [2.05, 4.69) is 4.74 Å². The number of likely N-dealkylation sites (N-methyl/N-ethyl adjacent to an activating group) is 1. The minimum atomic E-state index is -0.522. The highest BCUT2D eigenvalue weighted by molar-refractivity contribution is 5.87. The van der Waals surface area contributed by atoms with E-state index in [-0.39, 0.29) is 18.3 Å². The first kappa shape index (κ1) is 17.9. The molecular formula is C16H21N3O5. The van der Waals surface area contributed by atoms with Crippen LogP contribution < -0.4 is 4.90 Å². The molecule has 0 aromatic heterocycles. The summed E-state index contributed by atoms with van der Waals surface area (Å²) in [6, 6.07) is 4.77. The number of nitro groups is 1. The van der Waals surface area contributed by atoms with Crippen LogP contribution in [0, 0.1) is 10.1 Å². The number of carbonyl (C=O) groups is 1. The topological polar surface area (TPSA) is 96.2 Å². The van der Waals surface area contributed by atoms with Gasteiger partial charge in [0.15, 0.2) is 0 Å². The molecule has 0 bridgehead atoms. The molecule has 2 rings (SSSR count). The molecule has 0 aliphatic carbocycles. The molecule has 1 heterocycles. The van der Waals surface area contributed by atoms with Gasteiger partial charge in [-0.2, -0.15) is 0 Å². The first-order valence-corrected chi connectivity index (χ1v) is 7.56. The Bertz CT molecular complexity index is 647. The van der Waals surface area contributed by atoms with Crippen molar-refractivity contribution in [3.8, 4) is 0 Å². The van der Waals surface area contributed by atoms with Crippen molar-refractivity contribution in [1.29, 1.82) is 0 Å². The van der Waals surface area contributed by atoms with Crippen LogP contribution in [-0.4, -0.2) is 67.3 Å². The fourth-order valence-corrected chi connectivity index (χ4v) is 2.65. The SMILES string of the molecule is COC(=O)/C=C/c1ccc(N2CCN(C)[C@@H](CO)C2)c([N+](=O)[O-])c1. The monoisotopic (exact) mass is 335 g/mol. The van der Waals surface area contributed by atoms with E-state index < -0.39 is 10.9 Å². The number of benzene rings is 1. The third kappa shape index (κ3) is 4.09. The van der Waals surface area contributed by atoms with Gasteiger partial charge in [0, 0.05) is 31.8 Å². The van der Waals surface area contributed by atoms with Gasteiger partial charge in [-0.15, -0.1) is 0 Å². The highest BCUT2D eigenvalue weighted by atomic mass is 16.6. The number of anilines is 1. The van der Waals surface area contributed by atoms with E-state index in [1.807, 2.05) is 16.8 Å². The van der Waals surface area contributed by atoms with Crippen LogP contribution in [0.2, 0.25) is 0 Å². The van der Waals surface area contributed by atoms with E-state index in [1.54, 1.807) is 12.1 Å². The molecule has 0 radical (unpaired) electrons. The number of esters is 1. The van der Waals surface area contributed by atoms with E-state index in [4.69, 9.17) is 0 Å². The Labute approximate surface area is 140 Å². The molecule has 1 fully saturated rings. The lowest BCUT2D eigenvalue weighted by Crippen LogP contribution is -2.53.